The largest absolute Gasteiger partial charge is 0.484 e. The summed E-state index contributed by atoms with van der Waals surface area (Å²) in [4.78, 5) is 22.4. The van der Waals surface area contributed by atoms with E-state index in [9.17, 15) is 13.2 Å². The molecule has 1 aromatic carbocycles. The molecule has 3 aromatic rings. The molecule has 31 heavy (non-hydrogen) atoms. The number of aromatic amines is 1. The molecule has 2 aromatic heterocycles. The molecule has 0 unspecified atom stereocenters. The van der Waals surface area contributed by atoms with Gasteiger partial charge in [0, 0.05) is 45.0 Å². The number of sulfonamides is 1. The molecule has 3 heterocycles. The molecule has 8 nitrogen and oxygen atoms in total. The third-order valence-electron chi connectivity index (χ3n) is 5.66. The fourth-order valence-electron chi connectivity index (χ4n) is 3.79. The van der Waals surface area contributed by atoms with Crippen molar-refractivity contribution in [1.29, 1.82) is 0 Å². The minimum absolute atomic E-state index is 0.0678. The SMILES string of the molecule is CN(C)S(=O)(=O)c1ccc(OCC(=O)N2CCC(c3cc4ncccc4[nH]3)CC2)cc1. The Hall–Kier alpha value is -2.91. The van der Waals surface area contributed by atoms with Crippen LogP contribution in [0.15, 0.2) is 53.6 Å². The molecule has 1 N–H and O–H groups in total. The van der Waals surface area contributed by atoms with E-state index in [0.29, 0.717) is 24.8 Å². The minimum Gasteiger partial charge on any atom is -0.484 e. The number of rotatable bonds is 6. The Bertz CT molecular complexity index is 1130. The van der Waals surface area contributed by atoms with Crippen LogP contribution in [0.2, 0.25) is 0 Å². The van der Waals surface area contributed by atoms with Crippen LogP contribution in [0.1, 0.15) is 24.5 Å². The number of aromatic nitrogens is 2. The van der Waals surface area contributed by atoms with E-state index in [1.54, 1.807) is 18.3 Å². The van der Waals surface area contributed by atoms with Gasteiger partial charge in [0.15, 0.2) is 6.61 Å². The first-order chi connectivity index (χ1) is 14.8. The van der Waals surface area contributed by atoms with Gasteiger partial charge in [-0.25, -0.2) is 12.7 Å². The molecule has 4 rings (SSSR count). The van der Waals surface area contributed by atoms with Crippen molar-refractivity contribution >= 4 is 27.0 Å². The highest BCUT2D eigenvalue weighted by Gasteiger charge is 2.25. The van der Waals surface area contributed by atoms with Crippen LogP contribution >= 0.6 is 0 Å². The lowest BCUT2D eigenvalue weighted by Gasteiger charge is -2.31. The van der Waals surface area contributed by atoms with E-state index in [1.165, 1.54) is 31.9 Å². The zero-order valence-electron chi connectivity index (χ0n) is 17.6. The summed E-state index contributed by atoms with van der Waals surface area (Å²) >= 11 is 0. The van der Waals surface area contributed by atoms with Gasteiger partial charge in [-0.15, -0.1) is 0 Å². The number of amides is 1. The molecule has 164 valence electrons. The maximum atomic E-state index is 12.6. The van der Waals surface area contributed by atoms with Crippen molar-refractivity contribution in [2.45, 2.75) is 23.7 Å². The Morgan fingerprint density at radius 1 is 1.19 bits per heavy atom. The van der Waals surface area contributed by atoms with E-state index in [1.807, 2.05) is 17.0 Å². The van der Waals surface area contributed by atoms with Crippen molar-refractivity contribution in [3.05, 3.63) is 54.4 Å². The molecule has 0 bridgehead atoms. The van der Waals surface area contributed by atoms with Crippen LogP contribution in [0, 0.1) is 0 Å². The molecule has 1 amide bonds. The van der Waals surface area contributed by atoms with Crippen LogP contribution in [-0.4, -0.2) is 67.3 Å². The van der Waals surface area contributed by atoms with Gasteiger partial charge in [-0.2, -0.15) is 0 Å². The van der Waals surface area contributed by atoms with E-state index in [-0.39, 0.29) is 17.4 Å². The number of carbonyl (C=O) groups is 1. The number of likely N-dealkylation sites (tertiary alicyclic amines) is 1. The molecular formula is C22H26N4O4S. The van der Waals surface area contributed by atoms with Gasteiger partial charge < -0.3 is 14.6 Å². The van der Waals surface area contributed by atoms with Crippen molar-refractivity contribution < 1.29 is 17.9 Å². The van der Waals surface area contributed by atoms with Gasteiger partial charge in [0.2, 0.25) is 10.0 Å². The van der Waals surface area contributed by atoms with Crippen molar-refractivity contribution in [2.75, 3.05) is 33.8 Å². The molecular weight excluding hydrogens is 416 g/mol. The first-order valence-electron chi connectivity index (χ1n) is 10.2. The Morgan fingerprint density at radius 3 is 2.55 bits per heavy atom. The Labute approximate surface area is 181 Å². The monoisotopic (exact) mass is 442 g/mol. The van der Waals surface area contributed by atoms with Gasteiger partial charge in [-0.3, -0.25) is 9.78 Å². The number of fused-ring (bicyclic) bond motifs is 1. The summed E-state index contributed by atoms with van der Waals surface area (Å²) in [6.07, 6.45) is 3.56. The number of nitrogens with zero attached hydrogens (tertiary/aromatic N) is 3. The number of piperidine rings is 1. The van der Waals surface area contributed by atoms with Gasteiger partial charge in [0.25, 0.3) is 5.91 Å². The first kappa shape index (κ1) is 21.3. The molecule has 0 spiro atoms. The standard InChI is InChI=1S/C22H26N4O4S/c1-25(2)31(28,29)18-7-5-17(6-8-18)30-15-22(27)26-12-9-16(10-13-26)20-14-21-19(24-20)4-3-11-23-21/h3-8,11,14,16,24H,9-10,12-13,15H2,1-2H3. The van der Waals surface area contributed by atoms with Crippen LogP contribution in [0.25, 0.3) is 11.0 Å². The quantitative estimate of drug-likeness (QED) is 0.633. The van der Waals surface area contributed by atoms with Crippen LogP contribution in [-0.2, 0) is 14.8 Å². The normalized spacial score (nSPS) is 15.5. The number of H-pyrrole nitrogens is 1. The van der Waals surface area contributed by atoms with Crippen LogP contribution in [0.5, 0.6) is 5.75 Å². The maximum absolute atomic E-state index is 12.6. The van der Waals surface area contributed by atoms with E-state index < -0.39 is 10.0 Å². The van der Waals surface area contributed by atoms with Gasteiger partial charge in [0.05, 0.1) is 15.9 Å². The van der Waals surface area contributed by atoms with Gasteiger partial charge in [0.1, 0.15) is 5.75 Å². The van der Waals surface area contributed by atoms with Crippen LogP contribution < -0.4 is 4.74 Å². The van der Waals surface area contributed by atoms with Crippen molar-refractivity contribution in [1.82, 2.24) is 19.2 Å². The average Bonchev–Trinajstić information content (AvgIpc) is 3.22. The molecule has 0 saturated carbocycles. The van der Waals surface area contributed by atoms with Crippen molar-refractivity contribution in [3.63, 3.8) is 0 Å². The summed E-state index contributed by atoms with van der Waals surface area (Å²) in [7, 11) is -0.517. The summed E-state index contributed by atoms with van der Waals surface area (Å²) in [5.41, 5.74) is 3.17. The topological polar surface area (TPSA) is 95.6 Å². The smallest absolute Gasteiger partial charge is 0.260 e. The number of carbonyl (C=O) groups excluding carboxylic acids is 1. The summed E-state index contributed by atoms with van der Waals surface area (Å²) in [5.74, 6) is 0.777. The highest BCUT2D eigenvalue weighted by atomic mass is 32.2. The lowest BCUT2D eigenvalue weighted by molar-refractivity contribution is -0.134. The second-order valence-corrected chi connectivity index (χ2v) is 10.0. The van der Waals surface area contributed by atoms with Gasteiger partial charge in [-0.1, -0.05) is 0 Å². The molecule has 0 aliphatic carbocycles. The molecule has 0 atom stereocenters. The van der Waals surface area contributed by atoms with Crippen molar-refractivity contribution in [2.24, 2.45) is 0 Å². The van der Waals surface area contributed by atoms with Gasteiger partial charge in [-0.05, 0) is 55.3 Å². The summed E-state index contributed by atoms with van der Waals surface area (Å²) < 4.78 is 31.0. The molecule has 1 aliphatic heterocycles. The Morgan fingerprint density at radius 2 is 1.90 bits per heavy atom. The molecule has 0 radical (unpaired) electrons. The van der Waals surface area contributed by atoms with E-state index in [2.05, 4.69) is 16.0 Å². The predicted octanol–water partition coefficient (Wildman–Crippen LogP) is 2.60. The second-order valence-electron chi connectivity index (χ2n) is 7.86. The van der Waals surface area contributed by atoms with E-state index in [0.717, 1.165) is 28.2 Å². The van der Waals surface area contributed by atoms with Gasteiger partial charge >= 0.3 is 0 Å². The first-order valence-corrected chi connectivity index (χ1v) is 11.7. The molecule has 9 heteroatoms. The second kappa shape index (κ2) is 8.68. The number of benzene rings is 1. The average molecular weight is 443 g/mol. The number of hydrogen-bond acceptors (Lipinski definition) is 5. The summed E-state index contributed by atoms with van der Waals surface area (Å²) in [5, 5.41) is 0. The predicted molar refractivity (Wildman–Crippen MR) is 117 cm³/mol. The van der Waals surface area contributed by atoms with Crippen molar-refractivity contribution in [3.8, 4) is 5.75 Å². The summed E-state index contributed by atoms with van der Waals surface area (Å²) in [6.45, 7) is 1.28. The Kier molecular flexibility index (Phi) is 5.97. The molecule has 1 saturated heterocycles. The van der Waals surface area contributed by atoms with E-state index >= 15 is 0 Å². The number of pyridine rings is 1. The third kappa shape index (κ3) is 4.57. The molecule has 1 aliphatic rings. The number of ether oxygens (including phenoxy) is 1. The lowest BCUT2D eigenvalue weighted by Crippen LogP contribution is -2.40. The maximum Gasteiger partial charge on any atom is 0.260 e. The fourth-order valence-corrected chi connectivity index (χ4v) is 4.69. The molecule has 1 fully saturated rings. The highest BCUT2D eigenvalue weighted by molar-refractivity contribution is 7.89. The van der Waals surface area contributed by atoms with E-state index in [4.69, 9.17) is 4.74 Å². The summed E-state index contributed by atoms with van der Waals surface area (Å²) in [6, 6.07) is 12.1. The third-order valence-corrected chi connectivity index (χ3v) is 7.49. The Balaban J connectivity index is 1.29. The number of hydrogen-bond donors (Lipinski definition) is 1. The van der Waals surface area contributed by atoms with Crippen LogP contribution in [0.4, 0.5) is 0 Å². The zero-order valence-corrected chi connectivity index (χ0v) is 18.4. The lowest BCUT2D eigenvalue weighted by atomic mass is 9.93. The zero-order chi connectivity index (χ0) is 22.0. The fraction of sp³-hybridized carbons (Fsp3) is 0.364. The highest BCUT2D eigenvalue weighted by Crippen LogP contribution is 2.29. The number of nitrogens with one attached hydrogen (secondary N) is 1. The minimum atomic E-state index is -3.48. The van der Waals surface area contributed by atoms with Crippen LogP contribution in [0.3, 0.4) is 0 Å².